The van der Waals surface area contributed by atoms with Crippen LogP contribution in [0.3, 0.4) is 0 Å². The second-order valence-corrected chi connectivity index (χ2v) is 8.63. The minimum Gasteiger partial charge on any atom is -0.361 e. The first-order valence-corrected chi connectivity index (χ1v) is 9.79. The van der Waals surface area contributed by atoms with Crippen LogP contribution in [0.25, 0.3) is 0 Å². The van der Waals surface area contributed by atoms with Gasteiger partial charge in [-0.1, -0.05) is 0 Å². The summed E-state index contributed by atoms with van der Waals surface area (Å²) in [7, 11) is 4.09. The highest BCUT2D eigenvalue weighted by Crippen LogP contribution is 2.43. The molecular formula is C21H32FN3O. The van der Waals surface area contributed by atoms with E-state index in [9.17, 15) is 9.18 Å². The van der Waals surface area contributed by atoms with Crippen LogP contribution in [0, 0.1) is 5.82 Å². The maximum atomic E-state index is 13.4. The summed E-state index contributed by atoms with van der Waals surface area (Å²) in [5, 5.41) is 0. The standard InChI is InChI=1S/C21H32FN3O/c1-21(2)15-19-18(25(21)17-11-9-16(22)10-12-17)7-5-14-24(19)20(26)8-6-13-23(3)4/h9-12,18-19H,5-8,13-15H2,1-4H3/t18-,19-/m0/s1. The van der Waals surface area contributed by atoms with Crippen molar-refractivity contribution < 1.29 is 9.18 Å². The molecule has 144 valence electrons. The van der Waals surface area contributed by atoms with Gasteiger partial charge in [-0.2, -0.15) is 0 Å². The third-order valence-electron chi connectivity index (χ3n) is 5.86. The van der Waals surface area contributed by atoms with Gasteiger partial charge in [0.15, 0.2) is 0 Å². The van der Waals surface area contributed by atoms with Crippen molar-refractivity contribution >= 4 is 11.6 Å². The van der Waals surface area contributed by atoms with Crippen molar-refractivity contribution in [3.63, 3.8) is 0 Å². The van der Waals surface area contributed by atoms with E-state index in [-0.39, 0.29) is 17.4 Å². The van der Waals surface area contributed by atoms with Crippen molar-refractivity contribution in [2.75, 3.05) is 32.1 Å². The SMILES string of the molecule is CN(C)CCCC(=O)N1CCC[C@H]2[C@@H]1CC(C)(C)N2c1ccc(F)cc1. The molecule has 1 aromatic carbocycles. The fourth-order valence-electron chi connectivity index (χ4n) is 4.79. The first-order valence-electron chi connectivity index (χ1n) is 9.79. The van der Waals surface area contributed by atoms with E-state index in [0.717, 1.165) is 44.5 Å². The molecule has 0 radical (unpaired) electrons. The van der Waals surface area contributed by atoms with E-state index in [1.54, 1.807) is 0 Å². The Labute approximate surface area is 157 Å². The van der Waals surface area contributed by atoms with Crippen LogP contribution in [0.5, 0.6) is 0 Å². The van der Waals surface area contributed by atoms with Gasteiger partial charge in [0.25, 0.3) is 0 Å². The highest BCUT2D eigenvalue weighted by molar-refractivity contribution is 5.77. The second-order valence-electron chi connectivity index (χ2n) is 8.63. The predicted molar refractivity (Wildman–Crippen MR) is 104 cm³/mol. The van der Waals surface area contributed by atoms with E-state index in [1.807, 2.05) is 26.2 Å². The van der Waals surface area contributed by atoms with Crippen LogP contribution in [0.2, 0.25) is 0 Å². The number of carbonyl (C=O) groups excluding carboxylic acids is 1. The number of likely N-dealkylation sites (tertiary alicyclic amines) is 1. The van der Waals surface area contributed by atoms with E-state index in [1.165, 1.54) is 12.1 Å². The smallest absolute Gasteiger partial charge is 0.222 e. The zero-order valence-electron chi connectivity index (χ0n) is 16.5. The Hall–Kier alpha value is -1.62. The van der Waals surface area contributed by atoms with E-state index in [4.69, 9.17) is 0 Å². The van der Waals surface area contributed by atoms with Crippen LogP contribution in [-0.2, 0) is 4.79 Å². The van der Waals surface area contributed by atoms with Crippen molar-refractivity contribution in [1.29, 1.82) is 0 Å². The topological polar surface area (TPSA) is 26.8 Å². The van der Waals surface area contributed by atoms with E-state index in [0.29, 0.717) is 18.4 Å². The van der Waals surface area contributed by atoms with Gasteiger partial charge in [-0.3, -0.25) is 4.79 Å². The lowest BCUT2D eigenvalue weighted by molar-refractivity contribution is -0.135. The number of fused-ring (bicyclic) bond motifs is 1. The molecule has 0 saturated carbocycles. The van der Waals surface area contributed by atoms with Crippen molar-refractivity contribution in [3.05, 3.63) is 30.1 Å². The Morgan fingerprint density at radius 1 is 1.23 bits per heavy atom. The van der Waals surface area contributed by atoms with Gasteiger partial charge in [0.05, 0.1) is 12.1 Å². The molecule has 0 N–H and O–H groups in total. The molecule has 26 heavy (non-hydrogen) atoms. The average molecular weight is 362 g/mol. The Kier molecular flexibility index (Phi) is 5.56. The molecule has 3 rings (SSSR count). The van der Waals surface area contributed by atoms with Crippen LogP contribution >= 0.6 is 0 Å². The maximum absolute atomic E-state index is 13.4. The van der Waals surface area contributed by atoms with Crippen molar-refractivity contribution in [3.8, 4) is 0 Å². The lowest BCUT2D eigenvalue weighted by Gasteiger charge is -2.42. The van der Waals surface area contributed by atoms with Gasteiger partial charge >= 0.3 is 0 Å². The summed E-state index contributed by atoms with van der Waals surface area (Å²) >= 11 is 0. The van der Waals surface area contributed by atoms with Gasteiger partial charge in [0.1, 0.15) is 5.82 Å². The fraction of sp³-hybridized carbons (Fsp3) is 0.667. The van der Waals surface area contributed by atoms with Gasteiger partial charge in [-0.25, -0.2) is 4.39 Å². The lowest BCUT2D eigenvalue weighted by atomic mass is 9.93. The summed E-state index contributed by atoms with van der Waals surface area (Å²) in [5.41, 5.74) is 1.02. The molecular weight excluding hydrogens is 329 g/mol. The Balaban J connectivity index is 1.76. The van der Waals surface area contributed by atoms with Gasteiger partial charge < -0.3 is 14.7 Å². The Morgan fingerprint density at radius 3 is 2.58 bits per heavy atom. The molecule has 2 saturated heterocycles. The molecule has 0 aliphatic carbocycles. The van der Waals surface area contributed by atoms with Crippen molar-refractivity contribution in [1.82, 2.24) is 9.80 Å². The van der Waals surface area contributed by atoms with Crippen LogP contribution in [0.15, 0.2) is 24.3 Å². The molecule has 4 nitrogen and oxygen atoms in total. The van der Waals surface area contributed by atoms with Gasteiger partial charge in [-0.05, 0) is 84.4 Å². The van der Waals surface area contributed by atoms with Crippen LogP contribution in [-0.4, -0.2) is 60.5 Å². The number of benzene rings is 1. The first kappa shape index (κ1) is 19.2. The number of halogens is 1. The normalized spacial score (nSPS) is 24.8. The number of amides is 1. The van der Waals surface area contributed by atoms with Gasteiger partial charge in [-0.15, -0.1) is 0 Å². The summed E-state index contributed by atoms with van der Waals surface area (Å²) in [6.07, 6.45) is 4.62. The van der Waals surface area contributed by atoms with Gasteiger partial charge in [0, 0.05) is 24.2 Å². The van der Waals surface area contributed by atoms with Gasteiger partial charge in [0.2, 0.25) is 5.91 Å². The molecule has 1 aromatic rings. The van der Waals surface area contributed by atoms with Crippen LogP contribution in [0.1, 0.15) is 46.0 Å². The summed E-state index contributed by atoms with van der Waals surface area (Å²) in [6, 6.07) is 7.39. The first-order chi connectivity index (χ1) is 12.3. The zero-order valence-corrected chi connectivity index (χ0v) is 16.5. The zero-order chi connectivity index (χ0) is 18.9. The maximum Gasteiger partial charge on any atom is 0.222 e. The second kappa shape index (κ2) is 7.55. The highest BCUT2D eigenvalue weighted by atomic mass is 19.1. The average Bonchev–Trinajstić information content (AvgIpc) is 2.85. The summed E-state index contributed by atoms with van der Waals surface area (Å²) in [4.78, 5) is 19.5. The summed E-state index contributed by atoms with van der Waals surface area (Å²) in [6.45, 7) is 6.29. The van der Waals surface area contributed by atoms with E-state index < -0.39 is 0 Å². The van der Waals surface area contributed by atoms with Crippen molar-refractivity contribution in [2.45, 2.75) is 63.6 Å². The molecule has 2 aliphatic heterocycles. The molecule has 0 bridgehead atoms. The number of nitrogens with zero attached hydrogens (tertiary/aromatic N) is 3. The third kappa shape index (κ3) is 3.88. The monoisotopic (exact) mass is 361 g/mol. The molecule has 1 amide bonds. The minimum atomic E-state index is -0.205. The largest absolute Gasteiger partial charge is 0.361 e. The lowest BCUT2D eigenvalue weighted by Crippen LogP contribution is -2.52. The Bertz CT molecular complexity index is 629. The molecule has 0 spiro atoms. The molecule has 0 aromatic heterocycles. The number of piperidine rings is 1. The molecule has 2 heterocycles. The predicted octanol–water partition coefficient (Wildman–Crippen LogP) is 3.52. The number of rotatable bonds is 5. The number of anilines is 1. The molecule has 2 atom stereocenters. The van der Waals surface area contributed by atoms with Crippen LogP contribution in [0.4, 0.5) is 10.1 Å². The Morgan fingerprint density at radius 2 is 1.92 bits per heavy atom. The van der Waals surface area contributed by atoms with E-state index >= 15 is 0 Å². The van der Waals surface area contributed by atoms with E-state index in [2.05, 4.69) is 28.5 Å². The minimum absolute atomic E-state index is 0.0420. The summed E-state index contributed by atoms with van der Waals surface area (Å²) in [5.74, 6) is 0.0851. The summed E-state index contributed by atoms with van der Waals surface area (Å²) < 4.78 is 13.4. The highest BCUT2D eigenvalue weighted by Gasteiger charge is 2.50. The molecule has 5 heteroatoms. The number of carbonyl (C=O) groups is 1. The van der Waals surface area contributed by atoms with Crippen LogP contribution < -0.4 is 4.90 Å². The quantitative estimate of drug-likeness (QED) is 0.803. The fourth-order valence-corrected chi connectivity index (χ4v) is 4.79. The third-order valence-corrected chi connectivity index (χ3v) is 5.86. The molecule has 2 fully saturated rings. The molecule has 2 aliphatic rings. The molecule has 0 unspecified atom stereocenters. The van der Waals surface area contributed by atoms with Crippen molar-refractivity contribution in [2.24, 2.45) is 0 Å². The number of hydrogen-bond donors (Lipinski definition) is 0. The number of hydrogen-bond acceptors (Lipinski definition) is 3.